The summed E-state index contributed by atoms with van der Waals surface area (Å²) in [5.41, 5.74) is 1.21. The first-order valence-electron chi connectivity index (χ1n) is 5.85. The van der Waals surface area contributed by atoms with E-state index in [4.69, 9.17) is 9.47 Å². The predicted molar refractivity (Wildman–Crippen MR) is 70.3 cm³/mol. The highest BCUT2D eigenvalue weighted by atomic mass is 16.5. The monoisotopic (exact) mass is 244 g/mol. The van der Waals surface area contributed by atoms with Crippen LogP contribution in [0.1, 0.15) is 5.56 Å². The summed E-state index contributed by atoms with van der Waals surface area (Å²) in [5, 5.41) is 9.26. The summed E-state index contributed by atoms with van der Waals surface area (Å²) in [6.45, 7) is 2.95. The summed E-state index contributed by atoms with van der Waals surface area (Å²) >= 11 is 0. The van der Waals surface area contributed by atoms with Gasteiger partial charge in [0.2, 0.25) is 0 Å². The Kier molecular flexibility index (Phi) is 4.07. The van der Waals surface area contributed by atoms with Crippen molar-refractivity contribution in [1.29, 1.82) is 0 Å². The van der Waals surface area contributed by atoms with Crippen LogP contribution in [0.5, 0.6) is 17.2 Å². The summed E-state index contributed by atoms with van der Waals surface area (Å²) in [4.78, 5) is 0. The van der Waals surface area contributed by atoms with Gasteiger partial charge in [-0.3, -0.25) is 0 Å². The Morgan fingerprint density at radius 3 is 2.22 bits per heavy atom. The van der Waals surface area contributed by atoms with Crippen molar-refractivity contribution >= 4 is 0 Å². The first kappa shape index (κ1) is 12.3. The van der Waals surface area contributed by atoms with Gasteiger partial charge in [0, 0.05) is 6.07 Å². The zero-order valence-electron chi connectivity index (χ0n) is 10.3. The van der Waals surface area contributed by atoms with E-state index >= 15 is 0 Å². The minimum atomic E-state index is 0.201. The summed E-state index contributed by atoms with van der Waals surface area (Å²) in [7, 11) is 0. The van der Waals surface area contributed by atoms with Gasteiger partial charge >= 0.3 is 0 Å². The Bertz CT molecular complexity index is 491. The van der Waals surface area contributed by atoms with Gasteiger partial charge in [0.1, 0.15) is 30.5 Å². The van der Waals surface area contributed by atoms with Crippen LogP contribution in [0, 0.1) is 6.92 Å². The van der Waals surface area contributed by atoms with Crippen molar-refractivity contribution in [1.82, 2.24) is 0 Å². The summed E-state index contributed by atoms with van der Waals surface area (Å²) < 4.78 is 11.0. The van der Waals surface area contributed by atoms with Crippen LogP contribution in [0.25, 0.3) is 0 Å². The number of aromatic hydroxyl groups is 1. The van der Waals surface area contributed by atoms with E-state index in [1.54, 1.807) is 24.3 Å². The molecule has 18 heavy (non-hydrogen) atoms. The van der Waals surface area contributed by atoms with Crippen LogP contribution >= 0.6 is 0 Å². The van der Waals surface area contributed by atoms with E-state index < -0.39 is 0 Å². The van der Waals surface area contributed by atoms with Crippen molar-refractivity contribution in [2.24, 2.45) is 0 Å². The SMILES string of the molecule is Cc1ccc(OCCOc2cccc(O)c2)cc1. The highest BCUT2D eigenvalue weighted by Crippen LogP contribution is 2.17. The first-order chi connectivity index (χ1) is 8.74. The maximum Gasteiger partial charge on any atom is 0.123 e. The summed E-state index contributed by atoms with van der Waals surface area (Å²) in [5.74, 6) is 1.68. The second-order valence-electron chi connectivity index (χ2n) is 4.01. The van der Waals surface area contributed by atoms with E-state index in [0.717, 1.165) is 5.75 Å². The van der Waals surface area contributed by atoms with Crippen molar-refractivity contribution in [2.45, 2.75) is 6.92 Å². The van der Waals surface area contributed by atoms with Gasteiger partial charge in [-0.15, -0.1) is 0 Å². The lowest BCUT2D eigenvalue weighted by atomic mass is 10.2. The molecule has 0 fully saturated rings. The normalized spacial score (nSPS) is 10.1. The third-order valence-corrected chi connectivity index (χ3v) is 2.46. The van der Waals surface area contributed by atoms with Crippen molar-refractivity contribution < 1.29 is 14.6 Å². The Morgan fingerprint density at radius 2 is 1.56 bits per heavy atom. The van der Waals surface area contributed by atoms with Gasteiger partial charge < -0.3 is 14.6 Å². The van der Waals surface area contributed by atoms with Gasteiger partial charge in [0.25, 0.3) is 0 Å². The molecule has 0 aliphatic carbocycles. The van der Waals surface area contributed by atoms with Crippen molar-refractivity contribution in [3.63, 3.8) is 0 Å². The van der Waals surface area contributed by atoms with Gasteiger partial charge in [0.15, 0.2) is 0 Å². The number of aryl methyl sites for hydroxylation is 1. The molecule has 0 aliphatic rings. The minimum absolute atomic E-state index is 0.201. The van der Waals surface area contributed by atoms with Crippen LogP contribution < -0.4 is 9.47 Å². The van der Waals surface area contributed by atoms with E-state index in [-0.39, 0.29) is 5.75 Å². The maximum atomic E-state index is 9.26. The molecule has 2 aromatic rings. The first-order valence-corrected chi connectivity index (χ1v) is 5.85. The molecule has 3 nitrogen and oxygen atoms in total. The van der Waals surface area contributed by atoms with Gasteiger partial charge in [0.05, 0.1) is 0 Å². The van der Waals surface area contributed by atoms with E-state index in [1.807, 2.05) is 31.2 Å². The number of phenols is 1. The highest BCUT2D eigenvalue weighted by molar-refractivity contribution is 5.31. The van der Waals surface area contributed by atoms with Gasteiger partial charge in [-0.1, -0.05) is 23.8 Å². The third-order valence-electron chi connectivity index (χ3n) is 2.46. The molecule has 0 saturated heterocycles. The van der Waals surface area contributed by atoms with E-state index in [9.17, 15) is 5.11 Å². The molecule has 0 bridgehead atoms. The fourth-order valence-electron chi connectivity index (χ4n) is 1.53. The number of benzene rings is 2. The molecule has 3 heteroatoms. The van der Waals surface area contributed by atoms with E-state index in [2.05, 4.69) is 0 Å². The molecule has 94 valence electrons. The molecule has 0 aromatic heterocycles. The lowest BCUT2D eigenvalue weighted by Crippen LogP contribution is -2.08. The van der Waals surface area contributed by atoms with Crippen molar-refractivity contribution in [3.05, 3.63) is 54.1 Å². The van der Waals surface area contributed by atoms with E-state index in [0.29, 0.717) is 19.0 Å². The molecule has 0 radical (unpaired) electrons. The molecule has 0 saturated carbocycles. The zero-order valence-corrected chi connectivity index (χ0v) is 10.3. The van der Waals surface area contributed by atoms with Gasteiger partial charge in [-0.05, 0) is 31.2 Å². The van der Waals surface area contributed by atoms with Crippen LogP contribution in [-0.2, 0) is 0 Å². The fraction of sp³-hybridized carbons (Fsp3) is 0.200. The highest BCUT2D eigenvalue weighted by Gasteiger charge is 1.96. The summed E-state index contributed by atoms with van der Waals surface area (Å²) in [6, 6.07) is 14.6. The Morgan fingerprint density at radius 1 is 0.889 bits per heavy atom. The van der Waals surface area contributed by atoms with Crippen LogP contribution in [0.2, 0.25) is 0 Å². The van der Waals surface area contributed by atoms with Crippen molar-refractivity contribution in [3.8, 4) is 17.2 Å². The third kappa shape index (κ3) is 3.70. The average Bonchev–Trinajstić information content (AvgIpc) is 2.37. The Balaban J connectivity index is 1.74. The fourth-order valence-corrected chi connectivity index (χ4v) is 1.53. The second-order valence-corrected chi connectivity index (χ2v) is 4.01. The molecule has 0 spiro atoms. The predicted octanol–water partition coefficient (Wildman–Crippen LogP) is 3.16. The molecular weight excluding hydrogens is 228 g/mol. The van der Waals surface area contributed by atoms with Gasteiger partial charge in [-0.2, -0.15) is 0 Å². The lowest BCUT2D eigenvalue weighted by molar-refractivity contribution is 0.216. The topological polar surface area (TPSA) is 38.7 Å². The number of hydrogen-bond acceptors (Lipinski definition) is 3. The number of ether oxygens (including phenoxy) is 2. The molecular formula is C15H16O3. The minimum Gasteiger partial charge on any atom is -0.508 e. The summed E-state index contributed by atoms with van der Waals surface area (Å²) in [6.07, 6.45) is 0. The molecule has 0 atom stereocenters. The number of rotatable bonds is 5. The Labute approximate surface area is 107 Å². The second kappa shape index (κ2) is 5.96. The quantitative estimate of drug-likeness (QED) is 0.821. The molecule has 1 N–H and O–H groups in total. The lowest BCUT2D eigenvalue weighted by Gasteiger charge is -2.08. The van der Waals surface area contributed by atoms with Crippen LogP contribution in [0.3, 0.4) is 0 Å². The Hall–Kier alpha value is -2.16. The molecule has 0 unspecified atom stereocenters. The van der Waals surface area contributed by atoms with Crippen molar-refractivity contribution in [2.75, 3.05) is 13.2 Å². The standard InChI is InChI=1S/C15H16O3/c1-12-5-7-14(8-6-12)17-9-10-18-15-4-2-3-13(16)11-15/h2-8,11,16H,9-10H2,1H3. The van der Waals surface area contributed by atoms with Gasteiger partial charge in [-0.25, -0.2) is 0 Å². The zero-order chi connectivity index (χ0) is 12.8. The molecule has 0 aliphatic heterocycles. The molecule has 2 aromatic carbocycles. The van der Waals surface area contributed by atoms with Crippen LogP contribution in [-0.4, -0.2) is 18.3 Å². The number of hydrogen-bond donors (Lipinski definition) is 1. The maximum absolute atomic E-state index is 9.26. The number of phenolic OH excluding ortho intramolecular Hbond substituents is 1. The molecule has 0 heterocycles. The molecule has 2 rings (SSSR count). The van der Waals surface area contributed by atoms with Crippen LogP contribution in [0.15, 0.2) is 48.5 Å². The average molecular weight is 244 g/mol. The largest absolute Gasteiger partial charge is 0.508 e. The van der Waals surface area contributed by atoms with Crippen LogP contribution in [0.4, 0.5) is 0 Å². The molecule has 0 amide bonds. The van der Waals surface area contributed by atoms with E-state index in [1.165, 1.54) is 5.56 Å². The smallest absolute Gasteiger partial charge is 0.123 e.